The van der Waals surface area contributed by atoms with Crippen molar-refractivity contribution >= 4 is 18.3 Å². The lowest BCUT2D eigenvalue weighted by Crippen LogP contribution is -2.42. The maximum atomic E-state index is 11.5. The molecule has 5 heteroatoms. The molecule has 0 aliphatic carbocycles. The first-order valence-corrected chi connectivity index (χ1v) is 5.79. The summed E-state index contributed by atoms with van der Waals surface area (Å²) in [6.45, 7) is 4.86. The topological polar surface area (TPSA) is 75.4 Å². The van der Waals surface area contributed by atoms with Crippen molar-refractivity contribution in [2.45, 2.75) is 45.6 Å². The number of nitrogens with one attached hydrogen (secondary N) is 1. The summed E-state index contributed by atoms with van der Waals surface area (Å²) in [6.07, 6.45) is 3.34. The van der Waals surface area contributed by atoms with E-state index in [0.29, 0.717) is 12.5 Å². The zero-order valence-electron chi connectivity index (χ0n) is 10.2. The average molecular weight is 253 g/mol. The Hall–Kier alpha value is -0.320. The Morgan fingerprint density at radius 3 is 2.44 bits per heavy atom. The molecule has 0 aromatic carbocycles. The third-order valence-corrected chi connectivity index (χ3v) is 2.62. The second kappa shape index (κ2) is 11.2. The van der Waals surface area contributed by atoms with Crippen molar-refractivity contribution in [1.29, 1.82) is 0 Å². The first-order chi connectivity index (χ1) is 7.15. The van der Waals surface area contributed by atoms with Gasteiger partial charge in [-0.15, -0.1) is 12.4 Å². The predicted octanol–water partition coefficient (Wildman–Crippen LogP) is 1.06. The van der Waals surface area contributed by atoms with Gasteiger partial charge in [0.1, 0.15) is 0 Å². The zero-order valence-corrected chi connectivity index (χ0v) is 11.1. The van der Waals surface area contributed by atoms with Crippen LogP contribution in [0.1, 0.15) is 39.5 Å². The fourth-order valence-corrected chi connectivity index (χ4v) is 1.45. The Kier molecular flexibility index (Phi) is 12.6. The molecule has 4 nitrogen and oxygen atoms in total. The third kappa shape index (κ3) is 7.91. The van der Waals surface area contributed by atoms with Crippen molar-refractivity contribution in [3.05, 3.63) is 0 Å². The highest BCUT2D eigenvalue weighted by Gasteiger charge is 2.13. The second-order valence-electron chi connectivity index (χ2n) is 3.93. The molecule has 0 aromatic rings. The highest BCUT2D eigenvalue weighted by atomic mass is 35.5. The van der Waals surface area contributed by atoms with Crippen LogP contribution in [0.3, 0.4) is 0 Å². The third-order valence-electron chi connectivity index (χ3n) is 2.62. The summed E-state index contributed by atoms with van der Waals surface area (Å²) in [5, 5.41) is 11.6. The summed E-state index contributed by atoms with van der Waals surface area (Å²) in [6, 6.07) is -0.387. The van der Waals surface area contributed by atoms with Gasteiger partial charge in [0.25, 0.3) is 0 Å². The zero-order chi connectivity index (χ0) is 11.7. The summed E-state index contributed by atoms with van der Waals surface area (Å²) in [7, 11) is 0. The van der Waals surface area contributed by atoms with Crippen LogP contribution in [0.4, 0.5) is 0 Å². The monoisotopic (exact) mass is 252 g/mol. The van der Waals surface area contributed by atoms with E-state index in [-0.39, 0.29) is 31.0 Å². The lowest BCUT2D eigenvalue weighted by molar-refractivity contribution is -0.122. The summed E-state index contributed by atoms with van der Waals surface area (Å²) >= 11 is 0. The number of carbonyl (C=O) groups is 1. The molecule has 98 valence electrons. The Morgan fingerprint density at radius 1 is 1.38 bits per heavy atom. The molecule has 0 aliphatic rings. The summed E-state index contributed by atoms with van der Waals surface area (Å²) in [4.78, 5) is 11.5. The van der Waals surface area contributed by atoms with Crippen LogP contribution in [0.5, 0.6) is 0 Å². The molecule has 1 amide bonds. The van der Waals surface area contributed by atoms with Gasteiger partial charge in [0.15, 0.2) is 0 Å². The molecule has 2 unspecified atom stereocenters. The van der Waals surface area contributed by atoms with Crippen LogP contribution in [0.15, 0.2) is 0 Å². The fraction of sp³-hybridized carbons (Fsp3) is 0.909. The minimum Gasteiger partial charge on any atom is -0.396 e. The first kappa shape index (κ1) is 18.1. The molecule has 0 aliphatic heterocycles. The van der Waals surface area contributed by atoms with E-state index < -0.39 is 0 Å². The van der Waals surface area contributed by atoms with Crippen LogP contribution in [-0.2, 0) is 4.79 Å². The lowest BCUT2D eigenvalue weighted by Gasteiger charge is -2.16. The standard InChI is InChI=1S/C11H24N2O2.ClH/c1-3-5-10(12)11(15)13-8-9(4-2)6-7-14;/h9-10,14H,3-8,12H2,1-2H3,(H,13,15);1H. The highest BCUT2D eigenvalue weighted by Crippen LogP contribution is 2.05. The normalized spacial score (nSPS) is 13.8. The van der Waals surface area contributed by atoms with Crippen LogP contribution < -0.4 is 11.1 Å². The number of hydrogen-bond donors (Lipinski definition) is 3. The van der Waals surface area contributed by atoms with Gasteiger partial charge in [0.05, 0.1) is 6.04 Å². The molecule has 0 radical (unpaired) electrons. The Bertz CT molecular complexity index is 179. The molecular formula is C11H25ClN2O2. The van der Waals surface area contributed by atoms with Crippen molar-refractivity contribution in [3.8, 4) is 0 Å². The van der Waals surface area contributed by atoms with Crippen molar-refractivity contribution in [1.82, 2.24) is 5.32 Å². The van der Waals surface area contributed by atoms with Crippen molar-refractivity contribution in [2.75, 3.05) is 13.2 Å². The SMILES string of the molecule is CCCC(N)C(=O)NCC(CC)CCO.Cl. The van der Waals surface area contributed by atoms with E-state index in [1.807, 2.05) is 6.92 Å². The minimum absolute atomic E-state index is 0. The fourth-order valence-electron chi connectivity index (χ4n) is 1.45. The number of aliphatic hydroxyl groups is 1. The van der Waals surface area contributed by atoms with Gasteiger partial charge in [-0.3, -0.25) is 4.79 Å². The smallest absolute Gasteiger partial charge is 0.236 e. The average Bonchev–Trinajstić information content (AvgIpc) is 2.24. The molecule has 0 saturated carbocycles. The van der Waals surface area contributed by atoms with Crippen LogP contribution in [-0.4, -0.2) is 30.2 Å². The van der Waals surface area contributed by atoms with E-state index >= 15 is 0 Å². The van der Waals surface area contributed by atoms with Gasteiger partial charge < -0.3 is 16.2 Å². The molecule has 16 heavy (non-hydrogen) atoms. The van der Waals surface area contributed by atoms with E-state index in [1.165, 1.54) is 0 Å². The number of rotatable bonds is 8. The minimum atomic E-state index is -0.387. The first-order valence-electron chi connectivity index (χ1n) is 5.79. The van der Waals surface area contributed by atoms with Crippen molar-refractivity contribution in [3.63, 3.8) is 0 Å². The Balaban J connectivity index is 0. The summed E-state index contributed by atoms with van der Waals surface area (Å²) in [5.41, 5.74) is 5.67. The van der Waals surface area contributed by atoms with Crippen molar-refractivity contribution in [2.24, 2.45) is 11.7 Å². The maximum Gasteiger partial charge on any atom is 0.236 e. The number of nitrogens with two attached hydrogens (primary N) is 1. The summed E-state index contributed by atoms with van der Waals surface area (Å²) < 4.78 is 0. The molecule has 0 fully saturated rings. The maximum absolute atomic E-state index is 11.5. The van der Waals surface area contributed by atoms with Gasteiger partial charge in [-0.05, 0) is 18.8 Å². The number of amides is 1. The van der Waals surface area contributed by atoms with Crippen LogP contribution in [0, 0.1) is 5.92 Å². The van der Waals surface area contributed by atoms with E-state index in [9.17, 15) is 4.79 Å². The van der Waals surface area contributed by atoms with Gasteiger partial charge in [0, 0.05) is 13.2 Å². The number of halogens is 1. The quantitative estimate of drug-likeness (QED) is 0.605. The van der Waals surface area contributed by atoms with Crippen molar-refractivity contribution < 1.29 is 9.90 Å². The number of carbonyl (C=O) groups excluding carboxylic acids is 1. The Morgan fingerprint density at radius 2 is 2.00 bits per heavy atom. The Labute approximate surface area is 104 Å². The van der Waals surface area contributed by atoms with E-state index in [4.69, 9.17) is 10.8 Å². The molecule has 0 aromatic heterocycles. The van der Waals surface area contributed by atoms with E-state index in [1.54, 1.807) is 0 Å². The molecule has 0 rings (SSSR count). The number of hydrogen-bond acceptors (Lipinski definition) is 3. The van der Waals surface area contributed by atoms with E-state index in [0.717, 1.165) is 25.7 Å². The van der Waals surface area contributed by atoms with Gasteiger partial charge in [-0.1, -0.05) is 26.7 Å². The molecule has 0 saturated heterocycles. The molecular weight excluding hydrogens is 228 g/mol. The lowest BCUT2D eigenvalue weighted by atomic mass is 10.0. The largest absolute Gasteiger partial charge is 0.396 e. The highest BCUT2D eigenvalue weighted by molar-refractivity contribution is 5.85. The van der Waals surface area contributed by atoms with Gasteiger partial charge in [0.2, 0.25) is 5.91 Å². The van der Waals surface area contributed by atoms with E-state index in [2.05, 4.69) is 12.2 Å². The number of aliphatic hydroxyl groups excluding tert-OH is 1. The molecule has 2 atom stereocenters. The molecule has 0 bridgehead atoms. The second-order valence-corrected chi connectivity index (χ2v) is 3.93. The predicted molar refractivity (Wildman–Crippen MR) is 68.6 cm³/mol. The summed E-state index contributed by atoms with van der Waals surface area (Å²) in [5.74, 6) is 0.279. The molecule has 0 heterocycles. The van der Waals surface area contributed by atoms with Crippen LogP contribution in [0.25, 0.3) is 0 Å². The van der Waals surface area contributed by atoms with Gasteiger partial charge in [-0.25, -0.2) is 0 Å². The van der Waals surface area contributed by atoms with Gasteiger partial charge >= 0.3 is 0 Å². The van der Waals surface area contributed by atoms with Crippen LogP contribution >= 0.6 is 12.4 Å². The molecule has 4 N–H and O–H groups in total. The molecule has 0 spiro atoms. The van der Waals surface area contributed by atoms with Crippen LogP contribution in [0.2, 0.25) is 0 Å². The van der Waals surface area contributed by atoms with Gasteiger partial charge in [-0.2, -0.15) is 0 Å².